The molecule has 1 heteroatoms. The number of hydrogen-bond donors (Lipinski definition) is 0. The first-order valence-electron chi connectivity index (χ1n) is 6.88. The summed E-state index contributed by atoms with van der Waals surface area (Å²) in [5.41, 5.74) is 0.601. The average molecular weight is 213 g/mol. The average Bonchev–Trinajstić information content (AvgIpc) is 2.79. The Hall–Kier alpha value is -0.0400. The molecule has 1 nitrogen and oxygen atoms in total. The van der Waals surface area contributed by atoms with Crippen molar-refractivity contribution in [3.8, 4) is 0 Å². The second-order valence-corrected chi connectivity index (χ2v) is 4.74. The van der Waals surface area contributed by atoms with Gasteiger partial charge in [-0.2, -0.15) is 0 Å². The van der Waals surface area contributed by atoms with Crippen molar-refractivity contribution in [3.05, 3.63) is 0 Å². The fourth-order valence-electron chi connectivity index (χ4n) is 2.52. The van der Waals surface area contributed by atoms with Crippen molar-refractivity contribution >= 4 is 0 Å². The van der Waals surface area contributed by atoms with E-state index in [0.717, 1.165) is 5.92 Å². The highest BCUT2D eigenvalue weighted by atomic mass is 15.1. The third-order valence-corrected chi connectivity index (χ3v) is 4.32. The van der Waals surface area contributed by atoms with Crippen LogP contribution in [0, 0.1) is 11.3 Å². The van der Waals surface area contributed by atoms with E-state index in [4.69, 9.17) is 0 Å². The Morgan fingerprint density at radius 3 is 2.00 bits per heavy atom. The topological polar surface area (TPSA) is 3.24 Å². The Morgan fingerprint density at radius 2 is 1.67 bits per heavy atom. The van der Waals surface area contributed by atoms with Gasteiger partial charge in [0.05, 0.1) is 0 Å². The Balaban J connectivity index is 0.000000921. The second-order valence-electron chi connectivity index (χ2n) is 4.74. The summed E-state index contributed by atoms with van der Waals surface area (Å²) in [6.07, 6.45) is 4.10. The third kappa shape index (κ3) is 3.79. The van der Waals surface area contributed by atoms with E-state index in [0.29, 0.717) is 5.41 Å². The standard InChI is InChI=1S/C12H25N.C2H6/c1-5-12(4,6-2)11-8-9-13(7-3)10-11;1-2/h11H,5-10H2,1-4H3;1-2H3. The molecule has 1 aliphatic rings. The fourth-order valence-corrected chi connectivity index (χ4v) is 2.52. The molecule has 1 unspecified atom stereocenters. The number of nitrogens with zero attached hydrogens (tertiary/aromatic N) is 1. The van der Waals surface area contributed by atoms with Crippen LogP contribution in [0.4, 0.5) is 0 Å². The molecular weight excluding hydrogens is 182 g/mol. The molecule has 92 valence electrons. The van der Waals surface area contributed by atoms with Crippen molar-refractivity contribution in [2.24, 2.45) is 11.3 Å². The van der Waals surface area contributed by atoms with Crippen LogP contribution in [0.25, 0.3) is 0 Å². The summed E-state index contributed by atoms with van der Waals surface area (Å²) in [4.78, 5) is 2.59. The maximum atomic E-state index is 2.59. The second kappa shape index (κ2) is 7.27. The molecule has 0 N–H and O–H groups in total. The van der Waals surface area contributed by atoms with Gasteiger partial charge in [-0.1, -0.05) is 54.4 Å². The van der Waals surface area contributed by atoms with Crippen molar-refractivity contribution < 1.29 is 0 Å². The summed E-state index contributed by atoms with van der Waals surface area (Å²) in [7, 11) is 0. The molecule has 1 fully saturated rings. The Labute approximate surface area is 97.2 Å². The molecule has 15 heavy (non-hydrogen) atoms. The minimum Gasteiger partial charge on any atom is -0.303 e. The van der Waals surface area contributed by atoms with Gasteiger partial charge < -0.3 is 4.90 Å². The van der Waals surface area contributed by atoms with Crippen molar-refractivity contribution in [3.63, 3.8) is 0 Å². The SMILES string of the molecule is CC.CCN1CCC(C(C)(CC)CC)C1. The number of hydrogen-bond acceptors (Lipinski definition) is 1. The van der Waals surface area contributed by atoms with Gasteiger partial charge in [0.25, 0.3) is 0 Å². The Bertz CT molecular complexity index is 149. The molecule has 0 spiro atoms. The van der Waals surface area contributed by atoms with Crippen LogP contribution >= 0.6 is 0 Å². The van der Waals surface area contributed by atoms with E-state index in [9.17, 15) is 0 Å². The molecule has 0 aromatic carbocycles. The molecule has 0 aromatic rings. The summed E-state index contributed by atoms with van der Waals surface area (Å²) in [6.45, 7) is 17.3. The van der Waals surface area contributed by atoms with Gasteiger partial charge in [-0.05, 0) is 30.8 Å². The summed E-state index contributed by atoms with van der Waals surface area (Å²) < 4.78 is 0. The predicted octanol–water partition coefficient (Wildman–Crippen LogP) is 4.18. The molecule has 0 saturated carbocycles. The normalized spacial score (nSPS) is 22.4. The lowest BCUT2D eigenvalue weighted by Crippen LogP contribution is -2.29. The Morgan fingerprint density at radius 1 is 1.13 bits per heavy atom. The van der Waals surface area contributed by atoms with Crippen molar-refractivity contribution in [2.45, 2.75) is 60.8 Å². The molecule has 1 aliphatic heterocycles. The van der Waals surface area contributed by atoms with Crippen molar-refractivity contribution in [1.82, 2.24) is 4.90 Å². The van der Waals surface area contributed by atoms with E-state index < -0.39 is 0 Å². The minimum absolute atomic E-state index is 0.601. The lowest BCUT2D eigenvalue weighted by Gasteiger charge is -2.33. The lowest BCUT2D eigenvalue weighted by molar-refractivity contribution is 0.169. The van der Waals surface area contributed by atoms with Gasteiger partial charge in [0.15, 0.2) is 0 Å². The van der Waals surface area contributed by atoms with Crippen LogP contribution in [-0.4, -0.2) is 24.5 Å². The smallest absolute Gasteiger partial charge is 0.00152 e. The van der Waals surface area contributed by atoms with Gasteiger partial charge in [-0.3, -0.25) is 0 Å². The van der Waals surface area contributed by atoms with Crippen LogP contribution in [0.15, 0.2) is 0 Å². The van der Waals surface area contributed by atoms with E-state index in [2.05, 4.69) is 32.6 Å². The Kier molecular flexibility index (Phi) is 7.25. The van der Waals surface area contributed by atoms with E-state index in [1.165, 1.54) is 38.9 Å². The van der Waals surface area contributed by atoms with Gasteiger partial charge >= 0.3 is 0 Å². The van der Waals surface area contributed by atoms with Gasteiger partial charge in [0.1, 0.15) is 0 Å². The first kappa shape index (κ1) is 15.0. The van der Waals surface area contributed by atoms with Crippen LogP contribution in [0.3, 0.4) is 0 Å². The lowest BCUT2D eigenvalue weighted by atomic mass is 9.72. The van der Waals surface area contributed by atoms with Gasteiger partial charge in [-0.15, -0.1) is 0 Å². The van der Waals surface area contributed by atoms with Crippen LogP contribution in [0.1, 0.15) is 60.8 Å². The zero-order valence-electron chi connectivity index (χ0n) is 11.8. The third-order valence-electron chi connectivity index (χ3n) is 4.32. The number of likely N-dealkylation sites (tertiary alicyclic amines) is 1. The molecule has 1 rings (SSSR count). The number of rotatable bonds is 4. The molecule has 0 bridgehead atoms. The summed E-state index contributed by atoms with van der Waals surface area (Å²) in [6, 6.07) is 0. The van der Waals surface area contributed by atoms with E-state index in [1.54, 1.807) is 0 Å². The zero-order chi connectivity index (χ0) is 11.9. The van der Waals surface area contributed by atoms with Gasteiger partial charge in [0, 0.05) is 6.54 Å². The van der Waals surface area contributed by atoms with Crippen LogP contribution in [-0.2, 0) is 0 Å². The van der Waals surface area contributed by atoms with E-state index >= 15 is 0 Å². The fraction of sp³-hybridized carbons (Fsp3) is 1.00. The quantitative estimate of drug-likeness (QED) is 0.677. The van der Waals surface area contributed by atoms with Crippen LogP contribution < -0.4 is 0 Å². The molecule has 0 radical (unpaired) electrons. The molecule has 0 amide bonds. The molecular formula is C14H31N. The van der Waals surface area contributed by atoms with Crippen molar-refractivity contribution in [1.29, 1.82) is 0 Å². The zero-order valence-corrected chi connectivity index (χ0v) is 11.8. The van der Waals surface area contributed by atoms with Gasteiger partial charge in [-0.25, -0.2) is 0 Å². The predicted molar refractivity (Wildman–Crippen MR) is 70.3 cm³/mol. The van der Waals surface area contributed by atoms with Crippen LogP contribution in [0.2, 0.25) is 0 Å². The van der Waals surface area contributed by atoms with Crippen LogP contribution in [0.5, 0.6) is 0 Å². The summed E-state index contributed by atoms with van der Waals surface area (Å²) in [5.74, 6) is 0.947. The van der Waals surface area contributed by atoms with E-state index in [-0.39, 0.29) is 0 Å². The summed E-state index contributed by atoms with van der Waals surface area (Å²) >= 11 is 0. The van der Waals surface area contributed by atoms with Crippen molar-refractivity contribution in [2.75, 3.05) is 19.6 Å². The molecule has 1 saturated heterocycles. The maximum absolute atomic E-state index is 2.59. The van der Waals surface area contributed by atoms with Gasteiger partial charge in [0.2, 0.25) is 0 Å². The first-order chi connectivity index (χ1) is 7.16. The largest absolute Gasteiger partial charge is 0.303 e. The molecule has 1 atom stereocenters. The highest BCUT2D eigenvalue weighted by Gasteiger charge is 2.35. The highest BCUT2D eigenvalue weighted by Crippen LogP contribution is 2.39. The molecule has 0 aliphatic carbocycles. The van der Waals surface area contributed by atoms with E-state index in [1.807, 2.05) is 13.8 Å². The monoisotopic (exact) mass is 213 g/mol. The summed E-state index contributed by atoms with van der Waals surface area (Å²) in [5, 5.41) is 0. The molecule has 1 heterocycles. The minimum atomic E-state index is 0.601. The highest BCUT2D eigenvalue weighted by molar-refractivity contribution is 4.87. The molecule has 0 aromatic heterocycles. The maximum Gasteiger partial charge on any atom is 0.00152 e. The first-order valence-corrected chi connectivity index (χ1v) is 6.88.